The predicted molar refractivity (Wildman–Crippen MR) is 63.2 cm³/mol. The maximum absolute atomic E-state index is 5.45. The van der Waals surface area contributed by atoms with E-state index in [0.717, 1.165) is 48.7 Å². The molecule has 0 N–H and O–H groups in total. The van der Waals surface area contributed by atoms with Crippen LogP contribution in [0.1, 0.15) is 25.7 Å². The Morgan fingerprint density at radius 2 is 1.31 bits per heavy atom. The van der Waals surface area contributed by atoms with Crippen molar-refractivity contribution in [3.05, 3.63) is 0 Å². The Hall–Kier alpha value is -0.0800. The molecule has 3 aliphatic rings. The third-order valence-corrected chi connectivity index (χ3v) is 5.64. The van der Waals surface area contributed by atoms with Gasteiger partial charge in [-0.1, -0.05) is 6.42 Å². The summed E-state index contributed by atoms with van der Waals surface area (Å²) in [5, 5.41) is 0. The summed E-state index contributed by atoms with van der Waals surface area (Å²) in [6, 6.07) is 0. The molecule has 0 amide bonds. The third kappa shape index (κ3) is 1.46. The maximum Gasteiger partial charge on any atom is 0.0496 e. The van der Waals surface area contributed by atoms with Crippen molar-refractivity contribution >= 4 is 0 Å². The lowest BCUT2D eigenvalue weighted by Gasteiger charge is -2.37. The first kappa shape index (κ1) is 11.0. The first-order valence-electron chi connectivity index (χ1n) is 6.84. The second kappa shape index (κ2) is 4.30. The molecule has 0 aromatic rings. The van der Waals surface area contributed by atoms with Gasteiger partial charge < -0.3 is 9.47 Å². The Balaban J connectivity index is 1.78. The quantitative estimate of drug-likeness (QED) is 0.730. The molecule has 3 fully saturated rings. The Labute approximate surface area is 98.7 Å². The van der Waals surface area contributed by atoms with Crippen molar-refractivity contribution in [3.63, 3.8) is 0 Å². The lowest BCUT2D eigenvalue weighted by Crippen LogP contribution is -2.37. The van der Waals surface area contributed by atoms with Gasteiger partial charge in [-0.05, 0) is 54.8 Å². The van der Waals surface area contributed by atoms with Gasteiger partial charge in [-0.3, -0.25) is 0 Å². The fourth-order valence-corrected chi connectivity index (χ4v) is 5.24. The van der Waals surface area contributed by atoms with Crippen molar-refractivity contribution in [2.75, 3.05) is 27.4 Å². The number of methoxy groups -OCH3 is 2. The van der Waals surface area contributed by atoms with Crippen molar-refractivity contribution in [2.45, 2.75) is 25.7 Å². The second-order valence-electron chi connectivity index (χ2n) is 6.06. The van der Waals surface area contributed by atoms with Gasteiger partial charge in [0.15, 0.2) is 0 Å². The SMILES string of the molecule is COCC1C(COC)C2CC1C1CCCC12. The molecule has 0 heterocycles. The molecule has 3 aliphatic carbocycles. The highest BCUT2D eigenvalue weighted by Gasteiger charge is 2.58. The maximum atomic E-state index is 5.45. The first-order chi connectivity index (χ1) is 7.86. The van der Waals surface area contributed by atoms with Crippen LogP contribution in [-0.4, -0.2) is 27.4 Å². The first-order valence-corrected chi connectivity index (χ1v) is 6.84. The van der Waals surface area contributed by atoms with Crippen LogP contribution in [0.2, 0.25) is 0 Å². The van der Waals surface area contributed by atoms with Crippen LogP contribution < -0.4 is 0 Å². The summed E-state index contributed by atoms with van der Waals surface area (Å²) in [7, 11) is 3.70. The average Bonchev–Trinajstić information content (AvgIpc) is 2.90. The molecule has 6 unspecified atom stereocenters. The molecule has 0 aliphatic heterocycles. The summed E-state index contributed by atoms with van der Waals surface area (Å²) in [5.41, 5.74) is 0. The molecular formula is C14H24O2. The number of rotatable bonds is 4. The molecule has 3 saturated carbocycles. The van der Waals surface area contributed by atoms with Gasteiger partial charge in [0, 0.05) is 27.4 Å². The van der Waals surface area contributed by atoms with E-state index >= 15 is 0 Å². The van der Waals surface area contributed by atoms with Crippen molar-refractivity contribution in [3.8, 4) is 0 Å². The van der Waals surface area contributed by atoms with Gasteiger partial charge in [0.05, 0.1) is 0 Å². The fourth-order valence-electron chi connectivity index (χ4n) is 5.24. The smallest absolute Gasteiger partial charge is 0.0496 e. The van der Waals surface area contributed by atoms with E-state index in [-0.39, 0.29) is 0 Å². The van der Waals surface area contributed by atoms with E-state index in [1.165, 1.54) is 25.7 Å². The molecule has 6 atom stereocenters. The molecule has 0 radical (unpaired) electrons. The Kier molecular flexibility index (Phi) is 2.97. The van der Waals surface area contributed by atoms with Crippen LogP contribution >= 0.6 is 0 Å². The molecule has 2 nitrogen and oxygen atoms in total. The molecule has 92 valence electrons. The number of fused-ring (bicyclic) bond motifs is 5. The minimum absolute atomic E-state index is 0.786. The molecule has 2 heteroatoms. The molecule has 0 aromatic heterocycles. The Morgan fingerprint density at radius 3 is 1.75 bits per heavy atom. The van der Waals surface area contributed by atoms with E-state index in [1.807, 2.05) is 14.2 Å². The van der Waals surface area contributed by atoms with Gasteiger partial charge in [-0.2, -0.15) is 0 Å². The van der Waals surface area contributed by atoms with E-state index in [2.05, 4.69) is 0 Å². The molecule has 2 bridgehead atoms. The molecule has 0 aromatic carbocycles. The minimum atomic E-state index is 0.786. The highest BCUT2D eigenvalue weighted by atomic mass is 16.5. The molecular weight excluding hydrogens is 200 g/mol. The minimum Gasteiger partial charge on any atom is -0.384 e. The Bertz CT molecular complexity index is 229. The van der Waals surface area contributed by atoms with Gasteiger partial charge >= 0.3 is 0 Å². The average molecular weight is 224 g/mol. The normalized spacial score (nSPS) is 49.9. The lowest BCUT2D eigenvalue weighted by molar-refractivity contribution is 0.00631. The van der Waals surface area contributed by atoms with Gasteiger partial charge in [-0.15, -0.1) is 0 Å². The van der Waals surface area contributed by atoms with Crippen molar-refractivity contribution in [2.24, 2.45) is 35.5 Å². The van der Waals surface area contributed by atoms with Crippen LogP contribution in [0, 0.1) is 35.5 Å². The zero-order valence-corrected chi connectivity index (χ0v) is 10.5. The summed E-state index contributed by atoms with van der Waals surface area (Å²) in [6.07, 6.45) is 5.93. The van der Waals surface area contributed by atoms with E-state index in [9.17, 15) is 0 Å². The Morgan fingerprint density at radius 1 is 0.812 bits per heavy atom. The molecule has 3 rings (SSSR count). The van der Waals surface area contributed by atoms with Crippen LogP contribution in [0.15, 0.2) is 0 Å². The van der Waals surface area contributed by atoms with Crippen molar-refractivity contribution in [1.29, 1.82) is 0 Å². The second-order valence-corrected chi connectivity index (χ2v) is 6.06. The molecule has 0 spiro atoms. The van der Waals surface area contributed by atoms with Crippen molar-refractivity contribution in [1.82, 2.24) is 0 Å². The zero-order valence-electron chi connectivity index (χ0n) is 10.5. The van der Waals surface area contributed by atoms with E-state index in [0.29, 0.717) is 0 Å². The monoisotopic (exact) mass is 224 g/mol. The van der Waals surface area contributed by atoms with Crippen molar-refractivity contribution < 1.29 is 9.47 Å². The lowest BCUT2D eigenvalue weighted by atomic mass is 9.70. The van der Waals surface area contributed by atoms with Crippen LogP contribution in [0.4, 0.5) is 0 Å². The van der Waals surface area contributed by atoms with E-state index in [1.54, 1.807) is 0 Å². The van der Waals surface area contributed by atoms with Crippen LogP contribution in [0.5, 0.6) is 0 Å². The largest absolute Gasteiger partial charge is 0.384 e. The summed E-state index contributed by atoms with van der Waals surface area (Å²) in [4.78, 5) is 0. The standard InChI is InChI=1S/C14H24O2/c1-15-7-13-11-6-12(14(13)8-16-2)10-5-3-4-9(10)11/h9-14H,3-8H2,1-2H3. The highest BCUT2D eigenvalue weighted by Crippen LogP contribution is 2.63. The van der Waals surface area contributed by atoms with Crippen LogP contribution in [0.3, 0.4) is 0 Å². The number of hydrogen-bond donors (Lipinski definition) is 0. The number of ether oxygens (including phenoxy) is 2. The van der Waals surface area contributed by atoms with Crippen LogP contribution in [0.25, 0.3) is 0 Å². The van der Waals surface area contributed by atoms with Gasteiger partial charge in [0.25, 0.3) is 0 Å². The fraction of sp³-hybridized carbons (Fsp3) is 1.00. The van der Waals surface area contributed by atoms with Gasteiger partial charge in [-0.25, -0.2) is 0 Å². The van der Waals surface area contributed by atoms with Gasteiger partial charge in [0.1, 0.15) is 0 Å². The zero-order chi connectivity index (χ0) is 11.1. The van der Waals surface area contributed by atoms with Gasteiger partial charge in [0.2, 0.25) is 0 Å². The predicted octanol–water partition coefficient (Wildman–Crippen LogP) is 2.58. The molecule has 16 heavy (non-hydrogen) atoms. The van der Waals surface area contributed by atoms with E-state index < -0.39 is 0 Å². The number of hydrogen-bond acceptors (Lipinski definition) is 2. The summed E-state index contributed by atoms with van der Waals surface area (Å²) >= 11 is 0. The summed E-state index contributed by atoms with van der Waals surface area (Å²) in [5.74, 6) is 5.57. The topological polar surface area (TPSA) is 18.5 Å². The van der Waals surface area contributed by atoms with E-state index in [4.69, 9.17) is 9.47 Å². The highest BCUT2D eigenvalue weighted by molar-refractivity contribution is 5.06. The van der Waals surface area contributed by atoms with Crippen LogP contribution in [-0.2, 0) is 9.47 Å². The molecule has 0 saturated heterocycles. The summed E-state index contributed by atoms with van der Waals surface area (Å²) in [6.45, 7) is 1.91. The summed E-state index contributed by atoms with van der Waals surface area (Å²) < 4.78 is 10.9. The third-order valence-electron chi connectivity index (χ3n) is 5.64.